The van der Waals surface area contributed by atoms with E-state index in [2.05, 4.69) is 15.3 Å². The van der Waals surface area contributed by atoms with Crippen LogP contribution in [0.1, 0.15) is 11.4 Å². The van der Waals surface area contributed by atoms with Crippen molar-refractivity contribution in [1.29, 1.82) is 0 Å². The average molecular weight is 381 g/mol. The first kappa shape index (κ1) is 16.0. The lowest BCUT2D eigenvalue weighted by Crippen LogP contribution is -1.99. The van der Waals surface area contributed by atoms with Crippen LogP contribution in [0.25, 0.3) is 15.5 Å². The monoisotopic (exact) mass is 380 g/mol. The molecule has 4 rings (SSSR count). The minimum Gasteiger partial charge on any atom is -0.207 e. The molecule has 9 heteroatoms. The minimum atomic E-state index is -0.657. The van der Waals surface area contributed by atoms with Crippen molar-refractivity contribution in [2.45, 2.75) is 6.42 Å². The highest BCUT2D eigenvalue weighted by Gasteiger charge is 2.15. The smallest absolute Gasteiger partial charge is 0.207 e. The fourth-order valence-corrected chi connectivity index (χ4v) is 3.44. The van der Waals surface area contributed by atoms with E-state index in [0.717, 1.165) is 6.07 Å². The number of benzene rings is 2. The standard InChI is InChI=1S/C16H8ClF3N4S/c17-12-6-9(1-2-13(12)20)15-23-24-14(21-22-16(24)25-15)5-8-3-10(18)7-11(19)4-8/h1-4,6-7H,5H2. The molecule has 0 saturated carbocycles. The second-order valence-corrected chi connectivity index (χ2v) is 6.66. The number of hydrogen-bond donors (Lipinski definition) is 0. The molecule has 0 aliphatic rings. The van der Waals surface area contributed by atoms with Gasteiger partial charge in [-0.25, -0.2) is 13.2 Å². The summed E-state index contributed by atoms with van der Waals surface area (Å²) in [7, 11) is 0. The number of nitrogens with zero attached hydrogens (tertiary/aromatic N) is 4. The summed E-state index contributed by atoms with van der Waals surface area (Å²) in [6.07, 6.45) is 0.170. The molecule has 0 N–H and O–H groups in total. The van der Waals surface area contributed by atoms with Crippen molar-refractivity contribution < 1.29 is 13.2 Å². The Bertz CT molecular complexity index is 1070. The Morgan fingerprint density at radius 2 is 1.76 bits per heavy atom. The molecular formula is C16H8ClF3N4S. The van der Waals surface area contributed by atoms with E-state index >= 15 is 0 Å². The summed E-state index contributed by atoms with van der Waals surface area (Å²) < 4.78 is 41.4. The molecule has 0 bridgehead atoms. The highest BCUT2D eigenvalue weighted by atomic mass is 35.5. The molecule has 0 aliphatic heterocycles. The average Bonchev–Trinajstić information content (AvgIpc) is 3.11. The van der Waals surface area contributed by atoms with E-state index in [1.165, 1.54) is 40.1 Å². The molecular weight excluding hydrogens is 373 g/mol. The van der Waals surface area contributed by atoms with Crippen LogP contribution in [0.2, 0.25) is 5.02 Å². The Balaban J connectivity index is 1.71. The van der Waals surface area contributed by atoms with Gasteiger partial charge in [-0.05, 0) is 35.9 Å². The van der Waals surface area contributed by atoms with Gasteiger partial charge in [0.25, 0.3) is 0 Å². The van der Waals surface area contributed by atoms with Crippen LogP contribution in [0.5, 0.6) is 0 Å². The largest absolute Gasteiger partial charge is 0.234 e. The molecule has 0 saturated heterocycles. The molecule has 4 aromatic rings. The zero-order chi connectivity index (χ0) is 17.6. The van der Waals surface area contributed by atoms with Crippen LogP contribution in [0.3, 0.4) is 0 Å². The first-order valence-electron chi connectivity index (χ1n) is 7.11. The number of fused-ring (bicyclic) bond motifs is 1. The molecule has 0 radical (unpaired) electrons. The second-order valence-electron chi connectivity index (χ2n) is 5.30. The fourth-order valence-electron chi connectivity index (χ4n) is 2.41. The quantitative estimate of drug-likeness (QED) is 0.525. The summed E-state index contributed by atoms with van der Waals surface area (Å²) in [6, 6.07) is 7.58. The van der Waals surface area contributed by atoms with Crippen molar-refractivity contribution in [3.8, 4) is 10.6 Å². The number of rotatable bonds is 3. The van der Waals surface area contributed by atoms with Crippen LogP contribution in [0, 0.1) is 17.5 Å². The molecule has 0 amide bonds. The molecule has 0 fully saturated rings. The van der Waals surface area contributed by atoms with Crippen LogP contribution in [0.4, 0.5) is 13.2 Å². The van der Waals surface area contributed by atoms with Crippen molar-refractivity contribution >= 4 is 27.9 Å². The Morgan fingerprint density at radius 1 is 1.00 bits per heavy atom. The van der Waals surface area contributed by atoms with Gasteiger partial charge in [-0.15, -0.1) is 10.2 Å². The third-order valence-electron chi connectivity index (χ3n) is 3.51. The van der Waals surface area contributed by atoms with Gasteiger partial charge in [0.15, 0.2) is 5.82 Å². The summed E-state index contributed by atoms with van der Waals surface area (Å²) in [5.74, 6) is -1.38. The van der Waals surface area contributed by atoms with Crippen LogP contribution >= 0.6 is 22.9 Å². The summed E-state index contributed by atoms with van der Waals surface area (Å²) in [5, 5.41) is 13.0. The first-order valence-corrected chi connectivity index (χ1v) is 8.30. The Labute approximate surface area is 148 Å². The van der Waals surface area contributed by atoms with E-state index in [1.807, 2.05) is 0 Å². The number of halogens is 4. The first-order chi connectivity index (χ1) is 12.0. The molecule has 2 aromatic heterocycles. The highest BCUT2D eigenvalue weighted by molar-refractivity contribution is 7.19. The maximum Gasteiger partial charge on any atom is 0.234 e. The molecule has 4 nitrogen and oxygen atoms in total. The SMILES string of the molecule is Fc1cc(F)cc(Cc2nnc3sc(-c4ccc(F)c(Cl)c4)nn23)c1. The Kier molecular flexibility index (Phi) is 3.93. The van der Waals surface area contributed by atoms with Gasteiger partial charge in [0.05, 0.1) is 5.02 Å². The van der Waals surface area contributed by atoms with E-state index in [0.29, 0.717) is 26.9 Å². The zero-order valence-corrected chi connectivity index (χ0v) is 14.0. The fraction of sp³-hybridized carbons (Fsp3) is 0.0625. The van der Waals surface area contributed by atoms with E-state index < -0.39 is 17.5 Å². The Hall–Kier alpha value is -2.45. The van der Waals surface area contributed by atoms with E-state index in [4.69, 9.17) is 11.6 Å². The summed E-state index contributed by atoms with van der Waals surface area (Å²) >= 11 is 7.05. The number of hydrogen-bond acceptors (Lipinski definition) is 4. The molecule has 2 aromatic carbocycles. The Morgan fingerprint density at radius 3 is 2.48 bits per heavy atom. The lowest BCUT2D eigenvalue weighted by Gasteiger charge is -2.00. The predicted octanol–water partition coefficient (Wildman–Crippen LogP) is 4.51. The van der Waals surface area contributed by atoms with Crippen LogP contribution < -0.4 is 0 Å². The third-order valence-corrected chi connectivity index (χ3v) is 4.74. The van der Waals surface area contributed by atoms with Gasteiger partial charge < -0.3 is 0 Å². The third kappa shape index (κ3) is 3.10. The van der Waals surface area contributed by atoms with Gasteiger partial charge in [-0.1, -0.05) is 22.9 Å². The normalized spacial score (nSPS) is 11.4. The molecule has 0 unspecified atom stereocenters. The van der Waals surface area contributed by atoms with Gasteiger partial charge >= 0.3 is 0 Å². The van der Waals surface area contributed by atoms with Gasteiger partial charge in [-0.2, -0.15) is 9.61 Å². The molecule has 25 heavy (non-hydrogen) atoms. The molecule has 0 spiro atoms. The van der Waals surface area contributed by atoms with E-state index in [9.17, 15) is 13.2 Å². The number of aromatic nitrogens is 4. The molecule has 2 heterocycles. The van der Waals surface area contributed by atoms with Crippen LogP contribution in [0.15, 0.2) is 36.4 Å². The van der Waals surface area contributed by atoms with E-state index in [1.54, 1.807) is 6.07 Å². The summed E-state index contributed by atoms with van der Waals surface area (Å²) in [5.41, 5.74) is 1.07. The van der Waals surface area contributed by atoms with Crippen molar-refractivity contribution in [2.24, 2.45) is 0 Å². The van der Waals surface area contributed by atoms with Crippen molar-refractivity contribution in [3.63, 3.8) is 0 Å². The highest BCUT2D eigenvalue weighted by Crippen LogP contribution is 2.29. The van der Waals surface area contributed by atoms with Crippen molar-refractivity contribution in [3.05, 3.63) is 70.3 Å². The van der Waals surface area contributed by atoms with Crippen molar-refractivity contribution in [2.75, 3.05) is 0 Å². The predicted molar refractivity (Wildman–Crippen MR) is 88.2 cm³/mol. The lowest BCUT2D eigenvalue weighted by molar-refractivity contribution is 0.580. The molecule has 0 atom stereocenters. The molecule has 126 valence electrons. The lowest BCUT2D eigenvalue weighted by atomic mass is 10.1. The van der Waals surface area contributed by atoms with E-state index in [-0.39, 0.29) is 11.4 Å². The summed E-state index contributed by atoms with van der Waals surface area (Å²) in [6.45, 7) is 0. The van der Waals surface area contributed by atoms with Crippen LogP contribution in [-0.4, -0.2) is 19.8 Å². The van der Waals surface area contributed by atoms with Gasteiger partial charge in [-0.3, -0.25) is 0 Å². The molecule has 0 aliphatic carbocycles. The maximum atomic E-state index is 13.3. The second kappa shape index (κ2) is 6.12. The van der Waals surface area contributed by atoms with Gasteiger partial charge in [0.1, 0.15) is 22.5 Å². The topological polar surface area (TPSA) is 43.1 Å². The minimum absolute atomic E-state index is 0.000996. The van der Waals surface area contributed by atoms with Gasteiger partial charge in [0, 0.05) is 18.1 Å². The van der Waals surface area contributed by atoms with Gasteiger partial charge in [0.2, 0.25) is 4.96 Å². The van der Waals surface area contributed by atoms with Crippen molar-refractivity contribution in [1.82, 2.24) is 19.8 Å². The zero-order valence-electron chi connectivity index (χ0n) is 12.4. The maximum absolute atomic E-state index is 13.3. The van der Waals surface area contributed by atoms with Crippen LogP contribution in [-0.2, 0) is 6.42 Å². The summed E-state index contributed by atoms with van der Waals surface area (Å²) in [4.78, 5) is 0.516.